The fourth-order valence-electron chi connectivity index (χ4n) is 9.20. The number of nitrogens with zero attached hydrogens (tertiary/aromatic N) is 1. The van der Waals surface area contributed by atoms with E-state index in [4.69, 9.17) is 4.42 Å². The minimum absolute atomic E-state index is 0.118. The maximum absolute atomic E-state index is 9.88. The van der Waals surface area contributed by atoms with Gasteiger partial charge in [0.2, 0.25) is 0 Å². The summed E-state index contributed by atoms with van der Waals surface area (Å²) in [5.74, 6) is 0. The van der Waals surface area contributed by atoms with Crippen LogP contribution in [-0.2, 0) is 0 Å². The second-order valence-electron chi connectivity index (χ2n) is 15.7. The molecule has 1 aromatic heterocycles. The van der Waals surface area contributed by atoms with E-state index in [2.05, 4.69) is 103 Å². The maximum Gasteiger partial charge on any atom is 0.143 e. The number of anilines is 3. The van der Waals surface area contributed by atoms with Gasteiger partial charge in [0.1, 0.15) is 11.2 Å². The Morgan fingerprint density at radius 3 is 1.61 bits per heavy atom. The highest BCUT2D eigenvalue weighted by Gasteiger charge is 2.21. The Bertz CT molecular complexity index is 3850. The molecule has 0 amide bonds. The van der Waals surface area contributed by atoms with Crippen LogP contribution in [0.3, 0.4) is 0 Å². The first-order valence-corrected chi connectivity index (χ1v) is 20.9. The zero-order chi connectivity index (χ0) is 44.5. The van der Waals surface area contributed by atoms with Gasteiger partial charge < -0.3 is 9.32 Å². The lowest BCUT2D eigenvalue weighted by atomic mass is 9.93. The van der Waals surface area contributed by atoms with Crippen molar-refractivity contribution in [1.82, 2.24) is 0 Å². The molecule has 0 spiro atoms. The Kier molecular flexibility index (Phi) is 7.57. The Hall–Kier alpha value is -8.20. The Balaban J connectivity index is 1.08. The fraction of sp³-hybridized carbons (Fsp3) is 0. The van der Waals surface area contributed by atoms with Gasteiger partial charge in [-0.2, -0.15) is 0 Å². The lowest BCUT2D eigenvalue weighted by Gasteiger charge is -2.28. The van der Waals surface area contributed by atoms with Crippen molar-refractivity contribution in [2.24, 2.45) is 0 Å². The molecule has 290 valence electrons. The topological polar surface area (TPSA) is 16.4 Å². The highest BCUT2D eigenvalue weighted by atomic mass is 16.3. The van der Waals surface area contributed by atoms with Crippen molar-refractivity contribution in [1.29, 1.82) is 0 Å². The third kappa shape index (κ3) is 6.04. The third-order valence-electron chi connectivity index (χ3n) is 12.1. The van der Waals surface area contributed by atoms with Gasteiger partial charge in [0.05, 0.1) is 11.2 Å². The second-order valence-corrected chi connectivity index (χ2v) is 15.7. The van der Waals surface area contributed by atoms with E-state index in [0.717, 1.165) is 87.6 Å². The van der Waals surface area contributed by atoms with Crippen molar-refractivity contribution >= 4 is 71.3 Å². The molecular weight excluding hydrogens is 751 g/mol. The van der Waals surface area contributed by atoms with Gasteiger partial charge in [-0.1, -0.05) is 188 Å². The zero-order valence-corrected chi connectivity index (χ0v) is 33.6. The smallest absolute Gasteiger partial charge is 0.143 e. The molecule has 0 bridgehead atoms. The Morgan fingerprint density at radius 1 is 0.323 bits per heavy atom. The minimum atomic E-state index is -0.143. The summed E-state index contributed by atoms with van der Waals surface area (Å²) in [6.45, 7) is 0. The van der Waals surface area contributed by atoms with Crippen LogP contribution in [0.4, 0.5) is 17.1 Å². The molecule has 0 saturated heterocycles. The van der Waals surface area contributed by atoms with E-state index < -0.39 is 0 Å². The van der Waals surface area contributed by atoms with Crippen molar-refractivity contribution in [3.05, 3.63) is 236 Å². The molecule has 12 aromatic rings. The first kappa shape index (κ1) is 31.7. The van der Waals surface area contributed by atoms with Crippen LogP contribution in [0.2, 0.25) is 0 Å². The highest BCUT2D eigenvalue weighted by molar-refractivity contribution is 6.20. The van der Waals surface area contributed by atoms with E-state index in [1.54, 1.807) is 0 Å². The molecule has 0 unspecified atom stereocenters. The van der Waals surface area contributed by atoms with E-state index in [1.165, 1.54) is 0 Å². The van der Waals surface area contributed by atoms with Crippen molar-refractivity contribution in [3.8, 4) is 44.5 Å². The first-order chi connectivity index (χ1) is 32.4. The van der Waals surface area contributed by atoms with Gasteiger partial charge in [0, 0.05) is 33.1 Å². The van der Waals surface area contributed by atoms with Gasteiger partial charge in [0.15, 0.2) is 0 Å². The van der Waals surface area contributed by atoms with Gasteiger partial charge in [-0.25, -0.2) is 0 Å². The molecule has 11 aromatic carbocycles. The average Bonchev–Trinajstić information content (AvgIpc) is 3.76. The summed E-state index contributed by atoms with van der Waals surface area (Å²) in [4.78, 5) is 1.91. The lowest BCUT2D eigenvalue weighted by molar-refractivity contribution is 0.672. The number of benzene rings is 11. The summed E-state index contributed by atoms with van der Waals surface area (Å²) < 4.78 is 45.7. The summed E-state index contributed by atoms with van der Waals surface area (Å²) in [7, 11) is 0. The van der Waals surface area contributed by atoms with Crippen LogP contribution in [0, 0.1) is 0 Å². The molecule has 0 atom stereocenters. The largest absolute Gasteiger partial charge is 0.455 e. The van der Waals surface area contributed by atoms with Crippen molar-refractivity contribution in [2.45, 2.75) is 0 Å². The monoisotopic (exact) mass is 793 g/mol. The van der Waals surface area contributed by atoms with E-state index >= 15 is 0 Å². The molecule has 12 rings (SSSR count). The van der Waals surface area contributed by atoms with Crippen LogP contribution in [0.5, 0.6) is 0 Å². The molecular formula is C60H39NO. The summed E-state index contributed by atoms with van der Waals surface area (Å²) in [5, 5.41) is 8.47. The van der Waals surface area contributed by atoms with Crippen LogP contribution in [0.1, 0.15) is 5.48 Å². The van der Waals surface area contributed by atoms with Crippen LogP contribution < -0.4 is 4.90 Å². The molecule has 62 heavy (non-hydrogen) atoms. The number of furan rings is 1. The van der Waals surface area contributed by atoms with Gasteiger partial charge in [-0.05, 0) is 114 Å². The molecule has 0 saturated carbocycles. The number of hydrogen-bond donors (Lipinski definition) is 0. The summed E-state index contributed by atoms with van der Waals surface area (Å²) >= 11 is 0. The number of fused-ring (bicyclic) bond motifs is 7. The Morgan fingerprint density at radius 2 is 0.871 bits per heavy atom. The average molecular weight is 794 g/mol. The van der Waals surface area contributed by atoms with Crippen LogP contribution in [-0.4, -0.2) is 0 Å². The summed E-state index contributed by atoms with van der Waals surface area (Å²) in [5.41, 5.74) is 9.94. The molecule has 2 heteroatoms. The summed E-state index contributed by atoms with van der Waals surface area (Å²) in [6.07, 6.45) is 0. The molecule has 0 aliphatic heterocycles. The number of para-hydroxylation sites is 2. The van der Waals surface area contributed by atoms with Crippen molar-refractivity contribution in [2.75, 3.05) is 4.90 Å². The minimum Gasteiger partial charge on any atom is -0.455 e. The highest BCUT2D eigenvalue weighted by Crippen LogP contribution is 2.46. The maximum atomic E-state index is 9.88. The predicted molar refractivity (Wildman–Crippen MR) is 263 cm³/mol. The van der Waals surface area contributed by atoms with Gasteiger partial charge in [0.25, 0.3) is 0 Å². The fourth-order valence-corrected chi connectivity index (χ4v) is 9.20. The SMILES string of the molecule is [2H]c1c([2H])c(N(c2ccc(-c3cccc4ccccc34)cc2)c2ccccc2-c2cc3c4ccccc4oc3c3ccccc23)c([2H])c([2H])c1-c1cccc(-c2cccc3ccccc23)c1. The molecule has 0 fully saturated rings. The van der Waals surface area contributed by atoms with E-state index in [0.29, 0.717) is 16.9 Å². The number of hydrogen-bond acceptors (Lipinski definition) is 2. The van der Waals surface area contributed by atoms with Gasteiger partial charge >= 0.3 is 0 Å². The molecule has 0 aliphatic rings. The van der Waals surface area contributed by atoms with Gasteiger partial charge in [-0.3, -0.25) is 0 Å². The molecule has 2 nitrogen and oxygen atoms in total. The Labute approximate surface area is 365 Å². The van der Waals surface area contributed by atoms with Gasteiger partial charge in [-0.15, -0.1) is 0 Å². The van der Waals surface area contributed by atoms with Crippen molar-refractivity contribution in [3.63, 3.8) is 0 Å². The summed E-state index contributed by atoms with van der Waals surface area (Å²) in [6, 6.07) is 71.2. The van der Waals surface area contributed by atoms with Crippen LogP contribution in [0.15, 0.2) is 241 Å². The first-order valence-electron chi connectivity index (χ1n) is 22.9. The standard InChI is InChI=1S/C60H39NO/c1-3-20-48-41(14-1)16-12-26-50(48)43-32-36-47(37-33-43)61(46-34-30-40(31-35-46)44-18-11-19-45(38-44)51-27-13-17-42-15-2-4-21-49(42)51)58-28-9-7-23-53(58)56-39-57-54-24-8-10-29-59(54)62-60(57)55-25-6-5-22-52(55)56/h1-39H/i30D,31D,34D,35D. The zero-order valence-electron chi connectivity index (χ0n) is 37.6. The second kappa shape index (κ2) is 14.8. The quantitative estimate of drug-likeness (QED) is 0.160. The normalized spacial score (nSPS) is 12.5. The van der Waals surface area contributed by atoms with Crippen LogP contribution in [0.25, 0.3) is 98.8 Å². The third-order valence-corrected chi connectivity index (χ3v) is 12.1. The van der Waals surface area contributed by atoms with E-state index in [9.17, 15) is 5.48 Å². The number of rotatable bonds is 7. The molecule has 0 aliphatic carbocycles. The molecule has 0 radical (unpaired) electrons. The predicted octanol–water partition coefficient (Wildman–Crippen LogP) is 17.2. The van der Waals surface area contributed by atoms with E-state index in [1.807, 2.05) is 114 Å². The molecule has 1 heterocycles. The van der Waals surface area contributed by atoms with Crippen molar-refractivity contribution < 1.29 is 9.90 Å². The van der Waals surface area contributed by atoms with Crippen LogP contribution >= 0.6 is 0 Å². The molecule has 0 N–H and O–H groups in total. The lowest BCUT2D eigenvalue weighted by Crippen LogP contribution is -2.11. The van der Waals surface area contributed by atoms with E-state index in [-0.39, 0.29) is 35.4 Å².